The molecule has 0 atom stereocenters. The number of halogens is 1. The highest BCUT2D eigenvalue weighted by atomic mass is 35.5. The first-order valence-corrected chi connectivity index (χ1v) is 5.64. The van der Waals surface area contributed by atoms with Crippen LogP contribution in [0, 0.1) is 6.92 Å². The summed E-state index contributed by atoms with van der Waals surface area (Å²) in [5.74, 6) is 0. The number of hydrogen-bond acceptors (Lipinski definition) is 1. The molecule has 0 saturated heterocycles. The van der Waals surface area contributed by atoms with Crippen molar-refractivity contribution in [3.8, 4) is 11.1 Å². The van der Waals surface area contributed by atoms with Gasteiger partial charge in [-0.05, 0) is 41.3 Å². The Morgan fingerprint density at radius 1 is 1.06 bits per heavy atom. The summed E-state index contributed by atoms with van der Waals surface area (Å²) in [5.41, 5.74) is 10.4. The van der Waals surface area contributed by atoms with Gasteiger partial charge < -0.3 is 5.73 Å². The molecule has 0 amide bonds. The van der Waals surface area contributed by atoms with Crippen LogP contribution in [0.25, 0.3) is 11.1 Å². The molecule has 16 heavy (non-hydrogen) atoms. The van der Waals surface area contributed by atoms with Gasteiger partial charge in [0.15, 0.2) is 0 Å². The van der Waals surface area contributed by atoms with Crippen LogP contribution in [-0.2, 0) is 6.54 Å². The van der Waals surface area contributed by atoms with E-state index < -0.39 is 0 Å². The largest absolute Gasteiger partial charge is 0.326 e. The van der Waals surface area contributed by atoms with Crippen LogP contribution in [-0.4, -0.2) is 0 Å². The number of nitrogens with two attached hydrogens (primary N) is 1. The van der Waals surface area contributed by atoms with Gasteiger partial charge in [0.25, 0.3) is 0 Å². The Hall–Kier alpha value is -1.31. The molecule has 0 saturated carbocycles. The van der Waals surface area contributed by atoms with E-state index in [0.29, 0.717) is 6.54 Å². The fourth-order valence-electron chi connectivity index (χ4n) is 1.85. The van der Waals surface area contributed by atoms with Crippen molar-refractivity contribution in [1.82, 2.24) is 0 Å². The topological polar surface area (TPSA) is 26.0 Å². The second-order valence-electron chi connectivity index (χ2n) is 3.82. The third-order valence-electron chi connectivity index (χ3n) is 2.73. The van der Waals surface area contributed by atoms with Crippen molar-refractivity contribution in [2.24, 2.45) is 5.73 Å². The van der Waals surface area contributed by atoms with Crippen molar-refractivity contribution in [1.29, 1.82) is 0 Å². The average molecular weight is 232 g/mol. The highest BCUT2D eigenvalue weighted by Crippen LogP contribution is 2.29. The molecule has 0 aliphatic rings. The molecule has 2 rings (SSSR count). The summed E-state index contributed by atoms with van der Waals surface area (Å²) in [6, 6.07) is 14.1. The lowest BCUT2D eigenvalue weighted by Gasteiger charge is -2.11. The highest BCUT2D eigenvalue weighted by Gasteiger charge is 2.06. The number of benzene rings is 2. The highest BCUT2D eigenvalue weighted by molar-refractivity contribution is 6.30. The third-order valence-corrected chi connectivity index (χ3v) is 2.96. The summed E-state index contributed by atoms with van der Waals surface area (Å²) in [4.78, 5) is 0. The molecule has 82 valence electrons. The normalized spacial score (nSPS) is 10.4. The van der Waals surface area contributed by atoms with Gasteiger partial charge in [-0.1, -0.05) is 41.9 Å². The zero-order chi connectivity index (χ0) is 11.5. The van der Waals surface area contributed by atoms with E-state index in [0.717, 1.165) is 16.1 Å². The zero-order valence-corrected chi connectivity index (χ0v) is 9.96. The molecule has 0 aliphatic heterocycles. The van der Waals surface area contributed by atoms with Crippen molar-refractivity contribution >= 4 is 11.6 Å². The van der Waals surface area contributed by atoms with Crippen molar-refractivity contribution in [3.05, 3.63) is 58.6 Å². The van der Waals surface area contributed by atoms with E-state index in [1.54, 1.807) is 0 Å². The fraction of sp³-hybridized carbons (Fsp3) is 0.143. The quantitative estimate of drug-likeness (QED) is 0.837. The molecule has 1 nitrogen and oxygen atoms in total. The molecule has 0 aromatic heterocycles. The Kier molecular flexibility index (Phi) is 3.28. The van der Waals surface area contributed by atoms with Gasteiger partial charge in [0.05, 0.1) is 0 Å². The molecule has 2 N–H and O–H groups in total. The van der Waals surface area contributed by atoms with Crippen molar-refractivity contribution < 1.29 is 0 Å². The predicted octanol–water partition coefficient (Wildman–Crippen LogP) is 3.77. The first kappa shape index (κ1) is 11.2. The van der Waals surface area contributed by atoms with Crippen molar-refractivity contribution in [2.75, 3.05) is 0 Å². The second-order valence-corrected chi connectivity index (χ2v) is 4.26. The number of aryl methyl sites for hydroxylation is 1. The molecule has 0 radical (unpaired) electrons. The van der Waals surface area contributed by atoms with Crippen LogP contribution in [0.5, 0.6) is 0 Å². The van der Waals surface area contributed by atoms with E-state index in [2.05, 4.69) is 19.1 Å². The Balaban J connectivity index is 2.62. The van der Waals surface area contributed by atoms with Gasteiger partial charge in [-0.3, -0.25) is 0 Å². The maximum Gasteiger partial charge on any atom is 0.0412 e. The van der Waals surface area contributed by atoms with E-state index in [4.69, 9.17) is 17.3 Å². The van der Waals surface area contributed by atoms with E-state index in [-0.39, 0.29) is 0 Å². The fourth-order valence-corrected chi connectivity index (χ4v) is 2.02. The molecular formula is C14H14ClN. The molecule has 0 spiro atoms. The van der Waals surface area contributed by atoms with Crippen LogP contribution in [0.4, 0.5) is 0 Å². The van der Waals surface area contributed by atoms with Gasteiger partial charge in [-0.25, -0.2) is 0 Å². The van der Waals surface area contributed by atoms with Crippen LogP contribution in [0.2, 0.25) is 5.02 Å². The minimum absolute atomic E-state index is 0.544. The molecule has 2 aromatic carbocycles. The van der Waals surface area contributed by atoms with Gasteiger partial charge in [-0.15, -0.1) is 0 Å². The lowest BCUT2D eigenvalue weighted by atomic mass is 9.96. The van der Waals surface area contributed by atoms with Crippen LogP contribution >= 0.6 is 11.6 Å². The van der Waals surface area contributed by atoms with Crippen LogP contribution in [0.3, 0.4) is 0 Å². The first-order chi connectivity index (χ1) is 7.72. The Labute approximate surface area is 101 Å². The zero-order valence-electron chi connectivity index (χ0n) is 9.20. The molecule has 0 heterocycles. The predicted molar refractivity (Wildman–Crippen MR) is 69.5 cm³/mol. The molecular weight excluding hydrogens is 218 g/mol. The van der Waals surface area contributed by atoms with E-state index in [9.17, 15) is 0 Å². The summed E-state index contributed by atoms with van der Waals surface area (Å²) in [7, 11) is 0. The lowest BCUT2D eigenvalue weighted by molar-refractivity contribution is 1.07. The average Bonchev–Trinajstić information content (AvgIpc) is 2.32. The van der Waals surface area contributed by atoms with Crippen LogP contribution in [0.1, 0.15) is 11.1 Å². The first-order valence-electron chi connectivity index (χ1n) is 5.27. The summed E-state index contributed by atoms with van der Waals surface area (Å²) in [5, 5.41) is 0.757. The van der Waals surface area contributed by atoms with E-state index in [1.807, 2.05) is 30.3 Å². The van der Waals surface area contributed by atoms with Gasteiger partial charge in [0.1, 0.15) is 0 Å². The molecule has 0 aliphatic carbocycles. The summed E-state index contributed by atoms with van der Waals surface area (Å²) in [6.07, 6.45) is 0. The SMILES string of the molecule is Cc1ccc(Cl)cc1-c1ccccc1CN. The molecule has 0 fully saturated rings. The number of hydrogen-bond donors (Lipinski definition) is 1. The van der Waals surface area contributed by atoms with Crippen LogP contribution < -0.4 is 5.73 Å². The number of rotatable bonds is 2. The smallest absolute Gasteiger partial charge is 0.0412 e. The Bertz CT molecular complexity index is 506. The van der Waals surface area contributed by atoms with Crippen LogP contribution in [0.15, 0.2) is 42.5 Å². The Morgan fingerprint density at radius 2 is 1.81 bits per heavy atom. The third kappa shape index (κ3) is 2.11. The standard InChI is InChI=1S/C14H14ClN/c1-10-6-7-12(15)8-14(10)13-5-3-2-4-11(13)9-16/h2-8H,9,16H2,1H3. The van der Waals surface area contributed by atoms with Gasteiger partial charge in [-0.2, -0.15) is 0 Å². The van der Waals surface area contributed by atoms with Gasteiger partial charge >= 0.3 is 0 Å². The van der Waals surface area contributed by atoms with Gasteiger partial charge in [0.2, 0.25) is 0 Å². The Morgan fingerprint density at radius 3 is 2.56 bits per heavy atom. The molecule has 0 unspecified atom stereocenters. The molecule has 2 heteroatoms. The van der Waals surface area contributed by atoms with E-state index in [1.165, 1.54) is 11.1 Å². The minimum atomic E-state index is 0.544. The maximum atomic E-state index is 6.03. The van der Waals surface area contributed by atoms with E-state index >= 15 is 0 Å². The van der Waals surface area contributed by atoms with Crippen molar-refractivity contribution in [3.63, 3.8) is 0 Å². The second kappa shape index (κ2) is 4.69. The summed E-state index contributed by atoms with van der Waals surface area (Å²) >= 11 is 6.03. The monoisotopic (exact) mass is 231 g/mol. The maximum absolute atomic E-state index is 6.03. The summed E-state index contributed by atoms with van der Waals surface area (Å²) in [6.45, 7) is 2.63. The molecule has 0 bridgehead atoms. The lowest BCUT2D eigenvalue weighted by Crippen LogP contribution is -1.99. The van der Waals surface area contributed by atoms with Crippen molar-refractivity contribution in [2.45, 2.75) is 13.5 Å². The molecule has 2 aromatic rings. The summed E-state index contributed by atoms with van der Waals surface area (Å²) < 4.78 is 0. The van der Waals surface area contributed by atoms with Gasteiger partial charge in [0, 0.05) is 11.6 Å². The minimum Gasteiger partial charge on any atom is -0.326 e.